The molecule has 0 aromatic rings. The Hall–Kier alpha value is -1.38. The van der Waals surface area contributed by atoms with Gasteiger partial charge in [0.1, 0.15) is 6.10 Å². The number of ether oxygens (including phenoxy) is 2. The van der Waals surface area contributed by atoms with Gasteiger partial charge in [-0.15, -0.1) is 0 Å². The van der Waals surface area contributed by atoms with E-state index in [0.29, 0.717) is 24.4 Å². The minimum atomic E-state index is -0.147. The minimum absolute atomic E-state index is 0.0337. The third kappa shape index (κ3) is 5.09. The van der Waals surface area contributed by atoms with Crippen molar-refractivity contribution in [3.63, 3.8) is 0 Å². The van der Waals surface area contributed by atoms with Gasteiger partial charge in [-0.3, -0.25) is 10.2 Å². The van der Waals surface area contributed by atoms with Gasteiger partial charge in [0.15, 0.2) is 0 Å². The number of piperazine rings is 1. The fourth-order valence-electron chi connectivity index (χ4n) is 7.44. The Morgan fingerprint density at radius 3 is 2.41 bits per heavy atom. The van der Waals surface area contributed by atoms with Crippen molar-refractivity contribution in [2.24, 2.45) is 11.8 Å². The normalized spacial score (nSPS) is 36.4. The van der Waals surface area contributed by atoms with Gasteiger partial charge in [0, 0.05) is 51.9 Å². The lowest BCUT2D eigenvalue weighted by Gasteiger charge is -2.54. The molecule has 0 radical (unpaired) electrons. The second-order valence-electron chi connectivity index (χ2n) is 11.4. The highest BCUT2D eigenvalue weighted by molar-refractivity contribution is 5.75. The van der Waals surface area contributed by atoms with Crippen molar-refractivity contribution in [3.8, 4) is 0 Å². The SMILES string of the molecule is CC(=O)N1C2CCC(C3CNN(C4CCOCC4)C3)CC2N(C(=O)OC2CCCCC2)C[C@@H]1C. The van der Waals surface area contributed by atoms with Crippen molar-refractivity contribution in [1.82, 2.24) is 20.2 Å². The fourth-order valence-corrected chi connectivity index (χ4v) is 7.44. The summed E-state index contributed by atoms with van der Waals surface area (Å²) < 4.78 is 11.6. The van der Waals surface area contributed by atoms with Gasteiger partial charge in [0.2, 0.25) is 5.91 Å². The Kier molecular flexibility index (Phi) is 7.66. The van der Waals surface area contributed by atoms with Crippen molar-refractivity contribution in [3.05, 3.63) is 0 Å². The van der Waals surface area contributed by atoms with E-state index >= 15 is 0 Å². The fraction of sp³-hybridized carbons (Fsp3) is 0.923. The van der Waals surface area contributed by atoms with Crippen LogP contribution >= 0.6 is 0 Å². The monoisotopic (exact) mass is 476 g/mol. The molecule has 34 heavy (non-hydrogen) atoms. The summed E-state index contributed by atoms with van der Waals surface area (Å²) in [6.45, 7) is 8.15. The van der Waals surface area contributed by atoms with Crippen molar-refractivity contribution in [1.29, 1.82) is 0 Å². The predicted octanol–water partition coefficient (Wildman–Crippen LogP) is 3.16. The van der Waals surface area contributed by atoms with Crippen molar-refractivity contribution in [2.75, 3.05) is 32.8 Å². The molecule has 0 bridgehead atoms. The van der Waals surface area contributed by atoms with Crippen molar-refractivity contribution in [2.45, 2.75) is 108 Å². The Bertz CT molecular complexity index is 724. The van der Waals surface area contributed by atoms with Gasteiger partial charge in [-0.1, -0.05) is 6.42 Å². The maximum absolute atomic E-state index is 13.4. The first-order chi connectivity index (χ1) is 16.5. The minimum Gasteiger partial charge on any atom is -0.446 e. The Balaban J connectivity index is 1.27. The second kappa shape index (κ2) is 10.7. The molecule has 3 heterocycles. The molecular weight excluding hydrogens is 432 g/mol. The van der Waals surface area contributed by atoms with Gasteiger partial charge in [-0.25, -0.2) is 9.80 Å². The molecule has 192 valence electrons. The molecule has 5 fully saturated rings. The molecule has 2 aliphatic carbocycles. The van der Waals surface area contributed by atoms with Gasteiger partial charge in [-0.2, -0.15) is 0 Å². The maximum atomic E-state index is 13.4. The molecule has 5 rings (SSSR count). The lowest BCUT2D eigenvalue weighted by atomic mass is 9.73. The highest BCUT2D eigenvalue weighted by Crippen LogP contribution is 2.40. The van der Waals surface area contributed by atoms with E-state index in [0.717, 1.165) is 84.1 Å². The molecule has 8 nitrogen and oxygen atoms in total. The molecule has 3 aliphatic heterocycles. The molecule has 8 heteroatoms. The van der Waals surface area contributed by atoms with Crippen LogP contribution in [0.4, 0.5) is 4.79 Å². The van der Waals surface area contributed by atoms with Crippen molar-refractivity contribution < 1.29 is 19.1 Å². The first-order valence-electron chi connectivity index (χ1n) is 13.8. The zero-order chi connectivity index (χ0) is 23.7. The quantitative estimate of drug-likeness (QED) is 0.675. The van der Waals surface area contributed by atoms with E-state index in [9.17, 15) is 9.59 Å². The molecule has 0 aromatic carbocycles. The van der Waals surface area contributed by atoms with Gasteiger partial charge < -0.3 is 19.3 Å². The lowest BCUT2D eigenvalue weighted by molar-refractivity contribution is -0.142. The molecule has 2 saturated carbocycles. The van der Waals surface area contributed by atoms with Crippen LogP contribution in [0.15, 0.2) is 0 Å². The number of hydrogen-bond acceptors (Lipinski definition) is 6. The van der Waals surface area contributed by atoms with Gasteiger partial charge in [0.05, 0.1) is 12.1 Å². The van der Waals surface area contributed by atoms with E-state index < -0.39 is 0 Å². The smallest absolute Gasteiger partial charge is 0.410 e. The number of hydrazine groups is 1. The largest absolute Gasteiger partial charge is 0.446 e. The summed E-state index contributed by atoms with van der Waals surface area (Å²) in [6.07, 6.45) is 10.7. The second-order valence-corrected chi connectivity index (χ2v) is 11.4. The maximum Gasteiger partial charge on any atom is 0.410 e. The van der Waals surface area contributed by atoms with Crippen LogP contribution in [0.5, 0.6) is 0 Å². The molecular formula is C26H44N4O4. The number of amides is 2. The van der Waals surface area contributed by atoms with Crippen LogP contribution in [0.2, 0.25) is 0 Å². The number of fused-ring (bicyclic) bond motifs is 1. The summed E-state index contributed by atoms with van der Waals surface area (Å²) >= 11 is 0. The zero-order valence-corrected chi connectivity index (χ0v) is 21.1. The molecule has 0 aromatic heterocycles. The molecule has 3 saturated heterocycles. The van der Waals surface area contributed by atoms with Crippen LogP contribution in [-0.4, -0.2) is 89.9 Å². The predicted molar refractivity (Wildman–Crippen MR) is 129 cm³/mol. The van der Waals surface area contributed by atoms with E-state index in [1.807, 2.05) is 4.90 Å². The molecule has 5 aliphatic rings. The number of rotatable bonds is 3. The summed E-state index contributed by atoms with van der Waals surface area (Å²) in [7, 11) is 0. The van der Waals surface area contributed by atoms with E-state index in [2.05, 4.69) is 22.3 Å². The summed E-state index contributed by atoms with van der Waals surface area (Å²) in [4.78, 5) is 30.0. The number of hydrogen-bond donors (Lipinski definition) is 1. The number of carbonyl (C=O) groups excluding carboxylic acids is 2. The van der Waals surface area contributed by atoms with Crippen molar-refractivity contribution >= 4 is 12.0 Å². The number of carbonyl (C=O) groups is 2. The Labute approximate surface area is 204 Å². The Morgan fingerprint density at radius 2 is 1.68 bits per heavy atom. The van der Waals surface area contributed by atoms with Crippen LogP contribution in [0.1, 0.15) is 78.1 Å². The molecule has 2 amide bonds. The van der Waals surface area contributed by atoms with E-state index in [1.165, 1.54) is 6.42 Å². The third-order valence-electron chi connectivity index (χ3n) is 9.22. The summed E-state index contributed by atoms with van der Waals surface area (Å²) in [5.74, 6) is 1.28. The number of nitrogens with zero attached hydrogens (tertiary/aromatic N) is 3. The topological polar surface area (TPSA) is 74.4 Å². The highest BCUT2D eigenvalue weighted by Gasteiger charge is 2.49. The van der Waals surface area contributed by atoms with Gasteiger partial charge >= 0.3 is 6.09 Å². The third-order valence-corrected chi connectivity index (χ3v) is 9.22. The van der Waals surface area contributed by atoms with Crippen LogP contribution in [-0.2, 0) is 14.3 Å². The summed E-state index contributed by atoms with van der Waals surface area (Å²) in [6, 6.07) is 0.775. The van der Waals surface area contributed by atoms with E-state index in [1.54, 1.807) is 6.92 Å². The summed E-state index contributed by atoms with van der Waals surface area (Å²) in [5, 5.41) is 2.46. The first-order valence-corrected chi connectivity index (χ1v) is 13.8. The lowest BCUT2D eigenvalue weighted by Crippen LogP contribution is -2.67. The average Bonchev–Trinajstić information content (AvgIpc) is 3.34. The number of nitrogens with one attached hydrogen (secondary N) is 1. The molecule has 0 spiro atoms. The standard InChI is InChI=1S/C26H44N4O4/c1-18-16-28(26(32)34-23-6-4-3-5-7-23)25-14-20(8-9-24(25)30(18)19(2)31)21-15-27-29(17-21)22-10-12-33-13-11-22/h18,20-25,27H,3-17H2,1-2H3/t18-,20?,21?,24?,25?/m0/s1. The van der Waals surface area contributed by atoms with Crippen LogP contribution < -0.4 is 5.43 Å². The van der Waals surface area contributed by atoms with Crippen LogP contribution in [0, 0.1) is 11.8 Å². The average molecular weight is 477 g/mol. The Morgan fingerprint density at radius 1 is 0.912 bits per heavy atom. The van der Waals surface area contributed by atoms with Crippen LogP contribution in [0.25, 0.3) is 0 Å². The molecule has 4 unspecified atom stereocenters. The van der Waals surface area contributed by atoms with Crippen LogP contribution in [0.3, 0.4) is 0 Å². The summed E-state index contributed by atoms with van der Waals surface area (Å²) in [5.41, 5.74) is 3.68. The van der Waals surface area contributed by atoms with Gasteiger partial charge in [-0.05, 0) is 76.5 Å². The highest BCUT2D eigenvalue weighted by atomic mass is 16.6. The first kappa shape index (κ1) is 24.3. The molecule has 5 atom stereocenters. The zero-order valence-electron chi connectivity index (χ0n) is 21.1. The van der Waals surface area contributed by atoms with Gasteiger partial charge in [0.25, 0.3) is 0 Å². The molecule has 1 N–H and O–H groups in total. The van der Waals surface area contributed by atoms with E-state index in [4.69, 9.17) is 9.47 Å². The van der Waals surface area contributed by atoms with E-state index in [-0.39, 0.29) is 36.2 Å².